The zero-order valence-corrected chi connectivity index (χ0v) is 29.2. The summed E-state index contributed by atoms with van der Waals surface area (Å²) < 4.78 is 18.0. The lowest BCUT2D eigenvalue weighted by Crippen LogP contribution is -2.38. The maximum Gasteiger partial charge on any atom is 0.407 e. The van der Waals surface area contributed by atoms with E-state index in [0.29, 0.717) is 31.0 Å². The molecule has 2 aliphatic rings. The Morgan fingerprint density at radius 1 is 1.11 bits per heavy atom. The smallest absolute Gasteiger partial charge is 0.407 e. The number of hydrazine groups is 1. The van der Waals surface area contributed by atoms with Crippen LogP contribution in [0.25, 0.3) is 10.2 Å². The van der Waals surface area contributed by atoms with Crippen molar-refractivity contribution in [2.75, 3.05) is 38.7 Å². The van der Waals surface area contributed by atoms with Crippen molar-refractivity contribution in [1.82, 2.24) is 20.1 Å². The fourth-order valence-corrected chi connectivity index (χ4v) is 7.25. The topological polar surface area (TPSA) is 97.0 Å². The van der Waals surface area contributed by atoms with Gasteiger partial charge in [-0.05, 0) is 82.5 Å². The van der Waals surface area contributed by atoms with Gasteiger partial charge in [0.2, 0.25) is 0 Å². The Kier molecular flexibility index (Phi) is 14.2. The largest absolute Gasteiger partial charge is 0.446 e. The van der Waals surface area contributed by atoms with Crippen LogP contribution in [-0.2, 0) is 14.2 Å². The Morgan fingerprint density at radius 2 is 1.91 bits per heavy atom. The summed E-state index contributed by atoms with van der Waals surface area (Å²) in [7, 11) is 1.67. The quantitative estimate of drug-likeness (QED) is 0.0926. The normalized spacial score (nSPS) is 20.8. The second-order valence-electron chi connectivity index (χ2n) is 12.5. The zero-order valence-electron chi connectivity index (χ0n) is 27.6. The fourth-order valence-electron chi connectivity index (χ4n) is 5.54. The summed E-state index contributed by atoms with van der Waals surface area (Å²) in [5, 5.41) is 9.52. The second kappa shape index (κ2) is 18.1. The number of amides is 1. The van der Waals surface area contributed by atoms with E-state index in [2.05, 4.69) is 85.4 Å². The van der Waals surface area contributed by atoms with Crippen LogP contribution in [0.1, 0.15) is 58.9 Å². The Labute approximate surface area is 277 Å². The van der Waals surface area contributed by atoms with Crippen LogP contribution in [-0.4, -0.2) is 67.9 Å². The molecule has 11 heteroatoms. The SMILES string of the molecule is COC1OCC2C(OC(=O)NCCCN(CCC(C)C)NSc3ccc4sc(NC(C)C)nc4c3)CCC12.Cc1ccccc1. The number of thiazole rings is 1. The van der Waals surface area contributed by atoms with Crippen LogP contribution in [0.4, 0.5) is 9.93 Å². The third kappa shape index (κ3) is 11.4. The summed E-state index contributed by atoms with van der Waals surface area (Å²) in [5.41, 5.74) is 2.33. The van der Waals surface area contributed by atoms with E-state index in [1.807, 2.05) is 18.2 Å². The maximum absolute atomic E-state index is 12.4. The van der Waals surface area contributed by atoms with Crippen molar-refractivity contribution in [3.05, 3.63) is 54.1 Å². The summed E-state index contributed by atoms with van der Waals surface area (Å²) >= 11 is 3.28. The number of methoxy groups -OCH3 is 1. The van der Waals surface area contributed by atoms with E-state index in [1.165, 1.54) is 10.3 Å². The summed E-state index contributed by atoms with van der Waals surface area (Å²) in [6.07, 6.45) is 3.17. The third-order valence-corrected chi connectivity index (χ3v) is 9.77. The predicted molar refractivity (Wildman–Crippen MR) is 185 cm³/mol. The number of carbonyl (C=O) groups is 1. The highest BCUT2D eigenvalue weighted by atomic mass is 32.2. The number of aryl methyl sites for hydroxylation is 1. The molecular formula is C34H51N5O4S2. The lowest BCUT2D eigenvalue weighted by molar-refractivity contribution is -0.110. The molecule has 1 aliphatic heterocycles. The summed E-state index contributed by atoms with van der Waals surface area (Å²) in [5.74, 6) is 1.18. The monoisotopic (exact) mass is 657 g/mol. The van der Waals surface area contributed by atoms with Gasteiger partial charge in [-0.25, -0.2) is 14.8 Å². The average molecular weight is 658 g/mol. The first-order valence-corrected chi connectivity index (χ1v) is 17.8. The van der Waals surface area contributed by atoms with E-state index in [4.69, 9.17) is 19.2 Å². The molecule has 4 atom stereocenters. The van der Waals surface area contributed by atoms with E-state index >= 15 is 0 Å². The lowest BCUT2D eigenvalue weighted by atomic mass is 9.98. The van der Waals surface area contributed by atoms with Crippen molar-refractivity contribution < 1.29 is 19.0 Å². The summed E-state index contributed by atoms with van der Waals surface area (Å²) in [6, 6.07) is 17.0. The number of nitrogens with one attached hydrogen (secondary N) is 3. The molecule has 3 N–H and O–H groups in total. The zero-order chi connectivity index (χ0) is 32.2. The number of hydrogen-bond acceptors (Lipinski definition) is 10. The van der Waals surface area contributed by atoms with E-state index in [1.54, 1.807) is 30.4 Å². The molecule has 0 spiro atoms. The number of benzene rings is 2. The standard InChI is InChI=1S/C27H43N5O4S2.C7H8/c1-17(2)11-14-32(31-38-19-7-10-24-22(15-19)30-26(37-24)29-18(3)4)13-6-12-28-27(33)36-23-9-8-20-21(23)16-35-25(20)34-5;1-7-5-3-2-4-6-7/h7,10,15,17-18,20-21,23,25,31H,6,8-9,11-14,16H2,1-5H3,(H,28,33)(H,29,30);2-6H,1H3. The van der Waals surface area contributed by atoms with Gasteiger partial charge in [-0.2, -0.15) is 4.83 Å². The molecule has 1 aromatic heterocycles. The minimum Gasteiger partial charge on any atom is -0.446 e. The minimum absolute atomic E-state index is 0.0898. The van der Waals surface area contributed by atoms with E-state index < -0.39 is 0 Å². The van der Waals surface area contributed by atoms with Gasteiger partial charge in [-0.15, -0.1) is 0 Å². The van der Waals surface area contributed by atoms with Crippen molar-refractivity contribution in [3.63, 3.8) is 0 Å². The molecule has 5 rings (SSSR count). The number of alkyl carbamates (subject to hydrolysis) is 1. The van der Waals surface area contributed by atoms with Gasteiger partial charge in [0, 0.05) is 49.5 Å². The molecule has 248 valence electrons. The van der Waals surface area contributed by atoms with Crippen molar-refractivity contribution >= 4 is 44.7 Å². The first-order chi connectivity index (χ1) is 21.7. The number of rotatable bonds is 14. The number of aromatic nitrogens is 1. The number of fused-ring (bicyclic) bond motifs is 2. The molecule has 2 fully saturated rings. The minimum atomic E-state index is -0.338. The molecule has 9 nitrogen and oxygen atoms in total. The Morgan fingerprint density at radius 3 is 2.60 bits per heavy atom. The molecule has 1 aliphatic carbocycles. The molecule has 2 aromatic carbocycles. The predicted octanol–water partition coefficient (Wildman–Crippen LogP) is 7.49. The second-order valence-corrected chi connectivity index (χ2v) is 14.4. The first kappa shape index (κ1) is 35.4. The van der Waals surface area contributed by atoms with Gasteiger partial charge < -0.3 is 24.8 Å². The van der Waals surface area contributed by atoms with Crippen LogP contribution in [0.15, 0.2) is 53.4 Å². The average Bonchev–Trinajstić information content (AvgIpc) is 3.72. The first-order valence-electron chi connectivity index (χ1n) is 16.2. The molecular weight excluding hydrogens is 607 g/mol. The highest BCUT2D eigenvalue weighted by Crippen LogP contribution is 2.42. The number of anilines is 1. The van der Waals surface area contributed by atoms with Crippen molar-refractivity contribution in [3.8, 4) is 0 Å². The van der Waals surface area contributed by atoms with Crippen LogP contribution >= 0.6 is 23.3 Å². The van der Waals surface area contributed by atoms with Crippen molar-refractivity contribution in [2.24, 2.45) is 17.8 Å². The third-order valence-electron chi connectivity index (χ3n) is 7.96. The Bertz CT molecular complexity index is 1310. The maximum atomic E-state index is 12.4. The lowest BCUT2D eigenvalue weighted by Gasteiger charge is -2.24. The Balaban J connectivity index is 0.000000580. The van der Waals surface area contributed by atoms with E-state index in [9.17, 15) is 4.79 Å². The molecule has 3 aromatic rings. The number of ether oxygens (including phenoxy) is 3. The van der Waals surface area contributed by atoms with Crippen molar-refractivity contribution in [1.29, 1.82) is 0 Å². The van der Waals surface area contributed by atoms with Gasteiger partial charge in [-0.1, -0.05) is 61.1 Å². The molecule has 45 heavy (non-hydrogen) atoms. The van der Waals surface area contributed by atoms with Crippen LogP contribution in [0.3, 0.4) is 0 Å². The van der Waals surface area contributed by atoms with Gasteiger partial charge >= 0.3 is 6.09 Å². The van der Waals surface area contributed by atoms with Crippen LogP contribution < -0.4 is 15.5 Å². The molecule has 0 bridgehead atoms. The number of hydrogen-bond donors (Lipinski definition) is 3. The number of nitrogens with zero attached hydrogens (tertiary/aromatic N) is 2. The van der Waals surface area contributed by atoms with Gasteiger partial charge in [0.25, 0.3) is 0 Å². The molecule has 1 amide bonds. The number of carbonyl (C=O) groups excluding carboxylic acids is 1. The van der Waals surface area contributed by atoms with Gasteiger partial charge in [0.05, 0.1) is 16.8 Å². The summed E-state index contributed by atoms with van der Waals surface area (Å²) in [4.78, 5) is 21.8. The van der Waals surface area contributed by atoms with Gasteiger partial charge in [0.1, 0.15) is 6.10 Å². The van der Waals surface area contributed by atoms with E-state index in [0.717, 1.165) is 54.3 Å². The molecule has 1 saturated carbocycles. The highest BCUT2D eigenvalue weighted by molar-refractivity contribution is 7.97. The molecule has 1 saturated heterocycles. The molecule has 2 heterocycles. The molecule has 4 unspecified atom stereocenters. The van der Waals surface area contributed by atoms with Crippen LogP contribution in [0.2, 0.25) is 0 Å². The fraction of sp³-hybridized carbons (Fsp3) is 0.588. The summed E-state index contributed by atoms with van der Waals surface area (Å²) in [6.45, 7) is 13.7. The highest BCUT2D eigenvalue weighted by Gasteiger charge is 2.48. The van der Waals surface area contributed by atoms with E-state index in [-0.39, 0.29) is 24.4 Å². The Hall–Kier alpha value is -2.41. The van der Waals surface area contributed by atoms with Crippen molar-refractivity contribution in [2.45, 2.75) is 83.6 Å². The molecule has 0 radical (unpaired) electrons. The van der Waals surface area contributed by atoms with Gasteiger partial charge in [0.15, 0.2) is 11.4 Å². The van der Waals surface area contributed by atoms with Crippen LogP contribution in [0, 0.1) is 24.7 Å². The van der Waals surface area contributed by atoms with Crippen LogP contribution in [0.5, 0.6) is 0 Å². The van der Waals surface area contributed by atoms with Gasteiger partial charge in [-0.3, -0.25) is 0 Å².